The number of hydrogen-bond donors (Lipinski definition) is 0. The molecule has 0 spiro atoms. The van der Waals surface area contributed by atoms with Crippen LogP contribution in [0.25, 0.3) is 0 Å². The van der Waals surface area contributed by atoms with Crippen LogP contribution in [-0.4, -0.2) is 30.1 Å². The number of carbonyl (C=O) groups excluding carboxylic acids is 1. The molecule has 2 rings (SSSR count). The summed E-state index contributed by atoms with van der Waals surface area (Å²) in [6.45, 7) is 7.88. The van der Waals surface area contributed by atoms with E-state index >= 15 is 0 Å². The summed E-state index contributed by atoms with van der Waals surface area (Å²) in [6, 6.07) is 3.58. The Balaban J connectivity index is 2.19. The van der Waals surface area contributed by atoms with Crippen LogP contribution in [0, 0.1) is 5.92 Å². The van der Waals surface area contributed by atoms with Gasteiger partial charge in [-0.1, -0.05) is 13.3 Å². The van der Waals surface area contributed by atoms with Crippen LogP contribution in [0.5, 0.6) is 0 Å². The zero-order chi connectivity index (χ0) is 13.8. The summed E-state index contributed by atoms with van der Waals surface area (Å²) in [5.74, 6) is 1.19. The third-order valence-electron chi connectivity index (χ3n) is 3.51. The zero-order valence-electron chi connectivity index (χ0n) is 11.9. The van der Waals surface area contributed by atoms with Crippen molar-refractivity contribution in [3.8, 4) is 0 Å². The van der Waals surface area contributed by atoms with Crippen molar-refractivity contribution in [2.45, 2.75) is 39.7 Å². The molecule has 0 radical (unpaired) electrons. The number of hydrogen-bond acceptors (Lipinski definition) is 4. The predicted octanol–water partition coefficient (Wildman–Crippen LogP) is 2.88. The molecule has 1 aromatic heterocycles. The second-order valence-corrected chi connectivity index (χ2v) is 5.34. The molecule has 0 bridgehead atoms. The molecule has 0 N–H and O–H groups in total. The summed E-state index contributed by atoms with van der Waals surface area (Å²) < 4.78 is 5.28. The molecule has 0 unspecified atom stereocenters. The second kappa shape index (κ2) is 6.04. The Labute approximate surface area is 114 Å². The van der Waals surface area contributed by atoms with Gasteiger partial charge in [-0.05, 0) is 38.3 Å². The maximum Gasteiger partial charge on any atom is 0.342 e. The lowest BCUT2D eigenvalue weighted by Gasteiger charge is -2.20. The van der Waals surface area contributed by atoms with E-state index in [4.69, 9.17) is 4.74 Å². The molecule has 4 nitrogen and oxygen atoms in total. The van der Waals surface area contributed by atoms with Crippen molar-refractivity contribution in [3.05, 3.63) is 23.9 Å². The van der Waals surface area contributed by atoms with E-state index in [9.17, 15) is 4.79 Å². The first-order chi connectivity index (χ1) is 9.11. The highest BCUT2D eigenvalue weighted by Gasteiger charge is 2.26. The van der Waals surface area contributed by atoms with Crippen LogP contribution in [0.1, 0.15) is 44.0 Å². The third kappa shape index (κ3) is 3.25. The summed E-state index contributed by atoms with van der Waals surface area (Å²) in [6.07, 6.45) is 3.98. The standard InChI is InChI=1S/C15H22N2O2/c1-4-12-7-9-17(10-12)14-13(6-5-8-16-14)15(18)19-11(2)3/h5-6,8,11-12H,4,7,9-10H2,1-3H3/t12-/m1/s1. The highest BCUT2D eigenvalue weighted by molar-refractivity contribution is 5.94. The molecule has 0 saturated carbocycles. The van der Waals surface area contributed by atoms with Crippen LogP contribution in [0.2, 0.25) is 0 Å². The van der Waals surface area contributed by atoms with Crippen molar-refractivity contribution >= 4 is 11.8 Å². The van der Waals surface area contributed by atoms with E-state index < -0.39 is 0 Å². The topological polar surface area (TPSA) is 42.4 Å². The van der Waals surface area contributed by atoms with Crippen molar-refractivity contribution in [1.82, 2.24) is 4.98 Å². The van der Waals surface area contributed by atoms with Crippen molar-refractivity contribution < 1.29 is 9.53 Å². The van der Waals surface area contributed by atoms with Gasteiger partial charge >= 0.3 is 5.97 Å². The highest BCUT2D eigenvalue weighted by Crippen LogP contribution is 2.27. The summed E-state index contributed by atoms with van der Waals surface area (Å²) in [7, 11) is 0. The minimum absolute atomic E-state index is 0.109. The first kappa shape index (κ1) is 13.8. The molecule has 0 aromatic carbocycles. The van der Waals surface area contributed by atoms with Crippen LogP contribution in [0.4, 0.5) is 5.82 Å². The molecule has 104 valence electrons. The van der Waals surface area contributed by atoms with Gasteiger partial charge in [0.2, 0.25) is 0 Å². The van der Waals surface area contributed by atoms with Gasteiger partial charge in [0.05, 0.1) is 6.10 Å². The summed E-state index contributed by atoms with van der Waals surface area (Å²) in [4.78, 5) is 18.7. The molecule has 1 aliphatic heterocycles. The average Bonchev–Trinajstić information content (AvgIpc) is 2.86. The van der Waals surface area contributed by atoms with Gasteiger partial charge in [-0.15, -0.1) is 0 Å². The molecule has 1 saturated heterocycles. The van der Waals surface area contributed by atoms with Gasteiger partial charge in [-0.25, -0.2) is 9.78 Å². The van der Waals surface area contributed by atoms with E-state index in [1.165, 1.54) is 12.8 Å². The van der Waals surface area contributed by atoms with E-state index in [0.29, 0.717) is 11.5 Å². The van der Waals surface area contributed by atoms with E-state index in [1.807, 2.05) is 13.8 Å². The normalized spacial score (nSPS) is 18.9. The van der Waals surface area contributed by atoms with Crippen molar-refractivity contribution in [2.24, 2.45) is 5.92 Å². The second-order valence-electron chi connectivity index (χ2n) is 5.34. The number of anilines is 1. The number of aromatic nitrogens is 1. The van der Waals surface area contributed by atoms with Gasteiger partial charge in [-0.3, -0.25) is 0 Å². The number of pyridine rings is 1. The minimum Gasteiger partial charge on any atom is -0.459 e. The number of esters is 1. The Morgan fingerprint density at radius 1 is 1.58 bits per heavy atom. The fourth-order valence-corrected chi connectivity index (χ4v) is 2.44. The SMILES string of the molecule is CC[C@@H]1CCN(c2ncccc2C(=O)OC(C)C)C1. The molecule has 1 atom stereocenters. The van der Waals surface area contributed by atoms with Gasteiger partial charge in [0.1, 0.15) is 11.4 Å². The third-order valence-corrected chi connectivity index (χ3v) is 3.51. The molecular weight excluding hydrogens is 240 g/mol. The molecule has 2 heterocycles. The van der Waals surface area contributed by atoms with Crippen LogP contribution in [0.3, 0.4) is 0 Å². The highest BCUT2D eigenvalue weighted by atomic mass is 16.5. The molecule has 1 aromatic rings. The van der Waals surface area contributed by atoms with Crippen molar-refractivity contribution in [2.75, 3.05) is 18.0 Å². The van der Waals surface area contributed by atoms with E-state index in [0.717, 1.165) is 18.9 Å². The average molecular weight is 262 g/mol. The molecule has 1 aliphatic rings. The molecule has 4 heteroatoms. The smallest absolute Gasteiger partial charge is 0.342 e. The lowest BCUT2D eigenvalue weighted by Crippen LogP contribution is -2.24. The number of carbonyl (C=O) groups is 1. The maximum absolute atomic E-state index is 12.1. The fourth-order valence-electron chi connectivity index (χ4n) is 2.44. The Morgan fingerprint density at radius 3 is 3.00 bits per heavy atom. The first-order valence-electron chi connectivity index (χ1n) is 7.02. The minimum atomic E-state index is -0.280. The van der Waals surface area contributed by atoms with Crippen molar-refractivity contribution in [1.29, 1.82) is 0 Å². The van der Waals surface area contributed by atoms with E-state index in [2.05, 4.69) is 16.8 Å². The first-order valence-corrected chi connectivity index (χ1v) is 7.02. The van der Waals surface area contributed by atoms with Gasteiger partial charge in [0, 0.05) is 19.3 Å². The molecule has 19 heavy (non-hydrogen) atoms. The van der Waals surface area contributed by atoms with Crippen LogP contribution in [-0.2, 0) is 4.74 Å². The van der Waals surface area contributed by atoms with E-state index in [-0.39, 0.29) is 12.1 Å². The Morgan fingerprint density at radius 2 is 2.37 bits per heavy atom. The maximum atomic E-state index is 12.1. The molecule has 0 aliphatic carbocycles. The number of rotatable bonds is 4. The lowest BCUT2D eigenvalue weighted by atomic mass is 10.1. The largest absolute Gasteiger partial charge is 0.459 e. The molecular formula is C15H22N2O2. The summed E-state index contributed by atoms with van der Waals surface area (Å²) in [5.41, 5.74) is 0.577. The fraction of sp³-hybridized carbons (Fsp3) is 0.600. The number of ether oxygens (including phenoxy) is 1. The lowest BCUT2D eigenvalue weighted by molar-refractivity contribution is 0.0378. The quantitative estimate of drug-likeness (QED) is 0.782. The van der Waals surface area contributed by atoms with Crippen LogP contribution in [0.15, 0.2) is 18.3 Å². The van der Waals surface area contributed by atoms with Gasteiger partial charge in [-0.2, -0.15) is 0 Å². The Bertz CT molecular complexity index is 446. The number of nitrogens with zero attached hydrogens (tertiary/aromatic N) is 2. The van der Waals surface area contributed by atoms with Gasteiger partial charge in [0.25, 0.3) is 0 Å². The van der Waals surface area contributed by atoms with Gasteiger partial charge < -0.3 is 9.64 Å². The monoisotopic (exact) mass is 262 g/mol. The van der Waals surface area contributed by atoms with E-state index in [1.54, 1.807) is 18.3 Å². The Hall–Kier alpha value is -1.58. The molecule has 0 amide bonds. The summed E-state index contributed by atoms with van der Waals surface area (Å²) >= 11 is 0. The van der Waals surface area contributed by atoms with Gasteiger partial charge in [0.15, 0.2) is 0 Å². The Kier molecular flexibility index (Phi) is 4.40. The van der Waals surface area contributed by atoms with Crippen molar-refractivity contribution in [3.63, 3.8) is 0 Å². The predicted molar refractivity (Wildman–Crippen MR) is 75.4 cm³/mol. The summed E-state index contributed by atoms with van der Waals surface area (Å²) in [5, 5.41) is 0. The van der Waals surface area contributed by atoms with Crippen LogP contribution >= 0.6 is 0 Å². The zero-order valence-corrected chi connectivity index (χ0v) is 11.9. The van der Waals surface area contributed by atoms with Crippen LogP contribution < -0.4 is 4.90 Å². The molecule has 1 fully saturated rings.